The quantitative estimate of drug-likeness (QED) is 0.756. The van der Waals surface area contributed by atoms with Crippen molar-refractivity contribution in [1.29, 1.82) is 0 Å². The second kappa shape index (κ2) is 5.48. The van der Waals surface area contributed by atoms with Crippen LogP contribution in [0.2, 0.25) is 0 Å². The maximum Gasteiger partial charge on any atom is 0.0771 e. The number of likely N-dealkylation sites (tertiary alicyclic amines) is 1. The molecule has 0 spiro atoms. The number of hydrogen-bond donors (Lipinski definition) is 2. The van der Waals surface area contributed by atoms with E-state index in [1.165, 1.54) is 38.8 Å². The van der Waals surface area contributed by atoms with Gasteiger partial charge in [0.25, 0.3) is 0 Å². The Morgan fingerprint density at radius 1 is 1.31 bits per heavy atom. The van der Waals surface area contributed by atoms with Crippen molar-refractivity contribution >= 4 is 0 Å². The fraction of sp³-hybridized carbons (Fsp3) is 1.00. The Balaban J connectivity index is 1.63. The Hall–Kier alpha value is -0.120. The van der Waals surface area contributed by atoms with E-state index in [1.807, 2.05) is 0 Å². The first-order valence-corrected chi connectivity index (χ1v) is 6.80. The van der Waals surface area contributed by atoms with Crippen LogP contribution < -0.4 is 5.32 Å². The molecular formula is C13H26N2O. The minimum absolute atomic E-state index is 0.400. The molecule has 16 heavy (non-hydrogen) atoms. The molecule has 0 aromatic heterocycles. The van der Waals surface area contributed by atoms with E-state index in [2.05, 4.69) is 17.3 Å². The monoisotopic (exact) mass is 226 g/mol. The van der Waals surface area contributed by atoms with Gasteiger partial charge in [-0.1, -0.05) is 19.3 Å². The molecule has 1 aliphatic heterocycles. The topological polar surface area (TPSA) is 35.5 Å². The zero-order valence-corrected chi connectivity index (χ0v) is 10.5. The maximum atomic E-state index is 10.3. The van der Waals surface area contributed by atoms with Gasteiger partial charge in [0, 0.05) is 13.1 Å². The SMILES string of the molecule is CN1CCC(CNCC2(O)CCCCC2)C1. The predicted octanol–water partition coefficient (Wildman–Crippen LogP) is 1.22. The summed E-state index contributed by atoms with van der Waals surface area (Å²) in [5.41, 5.74) is -0.400. The molecule has 1 aliphatic carbocycles. The van der Waals surface area contributed by atoms with Gasteiger partial charge in [0.15, 0.2) is 0 Å². The highest BCUT2D eigenvalue weighted by molar-refractivity contribution is 4.85. The van der Waals surface area contributed by atoms with E-state index in [9.17, 15) is 5.11 Å². The van der Waals surface area contributed by atoms with Crippen molar-refractivity contribution in [2.45, 2.75) is 44.1 Å². The van der Waals surface area contributed by atoms with Crippen LogP contribution in [0.5, 0.6) is 0 Å². The van der Waals surface area contributed by atoms with Crippen molar-refractivity contribution in [3.05, 3.63) is 0 Å². The lowest BCUT2D eigenvalue weighted by atomic mass is 9.85. The molecule has 1 heterocycles. The summed E-state index contributed by atoms with van der Waals surface area (Å²) >= 11 is 0. The van der Waals surface area contributed by atoms with Crippen LogP contribution in [0.25, 0.3) is 0 Å². The Morgan fingerprint density at radius 3 is 2.69 bits per heavy atom. The Morgan fingerprint density at radius 2 is 2.06 bits per heavy atom. The molecule has 2 N–H and O–H groups in total. The summed E-state index contributed by atoms with van der Waals surface area (Å²) in [6.07, 6.45) is 6.99. The highest BCUT2D eigenvalue weighted by atomic mass is 16.3. The van der Waals surface area contributed by atoms with E-state index < -0.39 is 5.60 Å². The molecule has 2 aliphatic rings. The van der Waals surface area contributed by atoms with Crippen molar-refractivity contribution in [2.24, 2.45) is 5.92 Å². The van der Waals surface area contributed by atoms with Crippen molar-refractivity contribution in [3.63, 3.8) is 0 Å². The van der Waals surface area contributed by atoms with Gasteiger partial charge in [0.2, 0.25) is 0 Å². The largest absolute Gasteiger partial charge is 0.389 e. The summed E-state index contributed by atoms with van der Waals surface area (Å²) in [4.78, 5) is 2.39. The summed E-state index contributed by atoms with van der Waals surface area (Å²) in [7, 11) is 2.19. The summed E-state index contributed by atoms with van der Waals surface area (Å²) in [5, 5.41) is 13.8. The molecule has 3 heteroatoms. The Labute approximate surface area is 99.2 Å². The van der Waals surface area contributed by atoms with Crippen molar-refractivity contribution < 1.29 is 5.11 Å². The summed E-state index contributed by atoms with van der Waals surface area (Å²) in [6.45, 7) is 4.32. The number of nitrogens with zero attached hydrogens (tertiary/aromatic N) is 1. The molecule has 2 rings (SSSR count). The molecule has 0 amide bonds. The van der Waals surface area contributed by atoms with Crippen LogP contribution in [0.3, 0.4) is 0 Å². The van der Waals surface area contributed by atoms with E-state index in [0.717, 1.165) is 31.8 Å². The number of nitrogens with one attached hydrogen (secondary N) is 1. The molecule has 0 bridgehead atoms. The first kappa shape index (κ1) is 12.3. The minimum atomic E-state index is -0.400. The van der Waals surface area contributed by atoms with Gasteiger partial charge in [-0.3, -0.25) is 0 Å². The highest BCUT2D eigenvalue weighted by Crippen LogP contribution is 2.27. The summed E-state index contributed by atoms with van der Waals surface area (Å²) in [6, 6.07) is 0. The number of hydrogen-bond acceptors (Lipinski definition) is 3. The summed E-state index contributed by atoms with van der Waals surface area (Å²) in [5.74, 6) is 0.789. The Bertz CT molecular complexity index is 214. The molecule has 0 radical (unpaired) electrons. The second-order valence-corrected chi connectivity index (χ2v) is 5.83. The fourth-order valence-corrected chi connectivity index (χ4v) is 3.09. The van der Waals surface area contributed by atoms with Crippen LogP contribution >= 0.6 is 0 Å². The van der Waals surface area contributed by atoms with Crippen LogP contribution in [0.15, 0.2) is 0 Å². The van der Waals surface area contributed by atoms with E-state index in [0.29, 0.717) is 0 Å². The predicted molar refractivity (Wildman–Crippen MR) is 66.5 cm³/mol. The fourth-order valence-electron chi connectivity index (χ4n) is 3.09. The highest BCUT2D eigenvalue weighted by Gasteiger charge is 2.29. The number of aliphatic hydroxyl groups is 1. The van der Waals surface area contributed by atoms with Crippen LogP contribution in [-0.4, -0.2) is 48.8 Å². The molecule has 94 valence electrons. The lowest BCUT2D eigenvalue weighted by molar-refractivity contribution is 0.00441. The van der Waals surface area contributed by atoms with Gasteiger partial charge < -0.3 is 15.3 Å². The average molecular weight is 226 g/mol. The van der Waals surface area contributed by atoms with Gasteiger partial charge in [-0.15, -0.1) is 0 Å². The van der Waals surface area contributed by atoms with Gasteiger partial charge in [0.05, 0.1) is 5.60 Å². The smallest absolute Gasteiger partial charge is 0.0771 e. The first-order valence-electron chi connectivity index (χ1n) is 6.80. The maximum absolute atomic E-state index is 10.3. The molecule has 1 saturated carbocycles. The lowest BCUT2D eigenvalue weighted by Crippen LogP contribution is -2.43. The van der Waals surface area contributed by atoms with E-state index in [1.54, 1.807) is 0 Å². The third kappa shape index (κ3) is 3.44. The van der Waals surface area contributed by atoms with Crippen LogP contribution in [0.1, 0.15) is 38.5 Å². The standard InChI is InChI=1S/C13H26N2O/c1-15-8-5-12(10-15)9-14-11-13(16)6-3-2-4-7-13/h12,14,16H,2-11H2,1H3. The minimum Gasteiger partial charge on any atom is -0.389 e. The van der Waals surface area contributed by atoms with Gasteiger partial charge in [-0.25, -0.2) is 0 Å². The lowest BCUT2D eigenvalue weighted by Gasteiger charge is -2.32. The molecule has 1 saturated heterocycles. The molecule has 3 nitrogen and oxygen atoms in total. The van der Waals surface area contributed by atoms with Gasteiger partial charge in [-0.2, -0.15) is 0 Å². The van der Waals surface area contributed by atoms with E-state index in [-0.39, 0.29) is 0 Å². The zero-order valence-electron chi connectivity index (χ0n) is 10.5. The normalized spacial score (nSPS) is 30.8. The van der Waals surface area contributed by atoms with Gasteiger partial charge in [-0.05, 0) is 45.3 Å². The molecule has 0 aromatic carbocycles. The van der Waals surface area contributed by atoms with Crippen molar-refractivity contribution in [3.8, 4) is 0 Å². The van der Waals surface area contributed by atoms with Crippen LogP contribution in [0.4, 0.5) is 0 Å². The van der Waals surface area contributed by atoms with E-state index in [4.69, 9.17) is 0 Å². The summed E-state index contributed by atoms with van der Waals surface area (Å²) < 4.78 is 0. The molecule has 2 fully saturated rings. The van der Waals surface area contributed by atoms with Gasteiger partial charge >= 0.3 is 0 Å². The molecule has 0 aromatic rings. The molecule has 1 unspecified atom stereocenters. The first-order chi connectivity index (χ1) is 7.68. The zero-order chi connectivity index (χ0) is 11.4. The van der Waals surface area contributed by atoms with Gasteiger partial charge in [0.1, 0.15) is 0 Å². The average Bonchev–Trinajstić information content (AvgIpc) is 2.65. The van der Waals surface area contributed by atoms with Crippen molar-refractivity contribution in [2.75, 3.05) is 33.2 Å². The van der Waals surface area contributed by atoms with Crippen molar-refractivity contribution in [1.82, 2.24) is 10.2 Å². The molecule has 1 atom stereocenters. The number of rotatable bonds is 4. The Kier molecular flexibility index (Phi) is 4.22. The van der Waals surface area contributed by atoms with Crippen LogP contribution in [0, 0.1) is 5.92 Å². The third-order valence-electron chi connectivity index (χ3n) is 4.16. The third-order valence-corrected chi connectivity index (χ3v) is 4.16. The van der Waals surface area contributed by atoms with Crippen LogP contribution in [-0.2, 0) is 0 Å². The van der Waals surface area contributed by atoms with E-state index >= 15 is 0 Å². The second-order valence-electron chi connectivity index (χ2n) is 5.83. The molecular weight excluding hydrogens is 200 g/mol.